The zero-order valence-electron chi connectivity index (χ0n) is 10.6. The largest absolute Gasteiger partial charge is 0.396 e. The molecule has 0 bridgehead atoms. The normalized spacial score (nSPS) is 24.4. The Morgan fingerprint density at radius 2 is 2.29 bits per heavy atom. The third kappa shape index (κ3) is 3.30. The van der Waals surface area contributed by atoms with Gasteiger partial charge in [-0.15, -0.1) is 0 Å². The molecule has 0 radical (unpaired) electrons. The highest BCUT2D eigenvalue weighted by atomic mass is 16.3. The molecule has 0 aromatic carbocycles. The van der Waals surface area contributed by atoms with Gasteiger partial charge >= 0.3 is 0 Å². The first-order valence-corrected chi connectivity index (χ1v) is 6.59. The van der Waals surface area contributed by atoms with Crippen LogP contribution < -0.4 is 5.32 Å². The topological polar surface area (TPSA) is 50.1 Å². The van der Waals surface area contributed by atoms with Crippen LogP contribution in [0.5, 0.6) is 0 Å². The van der Waals surface area contributed by atoms with Gasteiger partial charge in [-0.25, -0.2) is 0 Å². The van der Waals surface area contributed by atoms with E-state index in [1.807, 2.05) is 17.9 Å². The van der Waals surface area contributed by atoms with Gasteiger partial charge in [-0.2, -0.15) is 5.10 Å². The lowest BCUT2D eigenvalue weighted by atomic mass is 9.97. The summed E-state index contributed by atoms with van der Waals surface area (Å²) < 4.78 is 1.92. The molecule has 1 aliphatic rings. The summed E-state index contributed by atoms with van der Waals surface area (Å²) in [6.07, 6.45) is 6.61. The van der Waals surface area contributed by atoms with E-state index in [2.05, 4.69) is 16.5 Å². The average Bonchev–Trinajstić information content (AvgIpc) is 2.93. The molecule has 17 heavy (non-hydrogen) atoms. The van der Waals surface area contributed by atoms with E-state index < -0.39 is 0 Å². The minimum atomic E-state index is 0.355. The second-order valence-electron chi connectivity index (χ2n) is 5.03. The van der Waals surface area contributed by atoms with Crippen LogP contribution in [-0.2, 0) is 13.5 Å². The molecule has 2 N–H and O–H groups in total. The number of nitrogens with one attached hydrogen (secondary N) is 1. The highest BCUT2D eigenvalue weighted by Crippen LogP contribution is 2.30. The summed E-state index contributed by atoms with van der Waals surface area (Å²) in [6, 6.07) is 2.06. The Morgan fingerprint density at radius 3 is 3.00 bits per heavy atom. The van der Waals surface area contributed by atoms with Gasteiger partial charge < -0.3 is 10.4 Å². The van der Waals surface area contributed by atoms with Crippen molar-refractivity contribution in [3.8, 4) is 0 Å². The second-order valence-corrected chi connectivity index (χ2v) is 5.03. The summed E-state index contributed by atoms with van der Waals surface area (Å²) in [5.74, 6) is 1.20. The molecular formula is C13H23N3O. The lowest BCUT2D eigenvalue weighted by Gasteiger charge is -2.17. The fourth-order valence-electron chi connectivity index (χ4n) is 2.77. The summed E-state index contributed by atoms with van der Waals surface area (Å²) in [7, 11) is 1.98. The summed E-state index contributed by atoms with van der Waals surface area (Å²) in [6.45, 7) is 2.39. The van der Waals surface area contributed by atoms with E-state index in [0.717, 1.165) is 19.5 Å². The summed E-state index contributed by atoms with van der Waals surface area (Å²) >= 11 is 0. The van der Waals surface area contributed by atoms with Crippen LogP contribution in [0.25, 0.3) is 0 Å². The molecule has 0 aliphatic heterocycles. The van der Waals surface area contributed by atoms with Crippen LogP contribution in [0.1, 0.15) is 25.0 Å². The van der Waals surface area contributed by atoms with Gasteiger partial charge in [-0.1, -0.05) is 6.42 Å². The van der Waals surface area contributed by atoms with E-state index in [1.54, 1.807) is 0 Å². The minimum absolute atomic E-state index is 0.355. The lowest BCUT2D eigenvalue weighted by Crippen LogP contribution is -2.28. The molecule has 2 unspecified atom stereocenters. The van der Waals surface area contributed by atoms with Gasteiger partial charge in [-0.3, -0.25) is 4.68 Å². The Bertz CT molecular complexity index is 337. The van der Waals surface area contributed by atoms with E-state index in [1.165, 1.54) is 25.0 Å². The molecule has 1 aromatic heterocycles. The maximum absolute atomic E-state index is 9.24. The molecule has 1 saturated carbocycles. The predicted octanol–water partition coefficient (Wildman–Crippen LogP) is 0.961. The fourth-order valence-corrected chi connectivity index (χ4v) is 2.77. The first kappa shape index (κ1) is 12.6. The van der Waals surface area contributed by atoms with E-state index in [0.29, 0.717) is 18.4 Å². The van der Waals surface area contributed by atoms with Crippen molar-refractivity contribution in [3.05, 3.63) is 18.0 Å². The highest BCUT2D eigenvalue weighted by molar-refractivity contribution is 5.00. The van der Waals surface area contributed by atoms with Crippen molar-refractivity contribution >= 4 is 0 Å². The van der Waals surface area contributed by atoms with E-state index >= 15 is 0 Å². The molecule has 4 heteroatoms. The zero-order valence-corrected chi connectivity index (χ0v) is 10.6. The number of nitrogens with zero attached hydrogens (tertiary/aromatic N) is 2. The Morgan fingerprint density at radius 1 is 1.47 bits per heavy atom. The second kappa shape index (κ2) is 6.17. The van der Waals surface area contributed by atoms with Gasteiger partial charge in [0.05, 0.1) is 0 Å². The molecule has 0 spiro atoms. The van der Waals surface area contributed by atoms with Gasteiger partial charge in [0.1, 0.15) is 0 Å². The predicted molar refractivity (Wildman–Crippen MR) is 67.7 cm³/mol. The van der Waals surface area contributed by atoms with Gasteiger partial charge in [-0.05, 0) is 37.3 Å². The Balaban J connectivity index is 1.65. The number of aliphatic hydroxyl groups excluding tert-OH is 1. The number of hydrogen-bond acceptors (Lipinski definition) is 3. The van der Waals surface area contributed by atoms with Gasteiger partial charge in [0.25, 0.3) is 0 Å². The molecule has 1 heterocycles. The van der Waals surface area contributed by atoms with E-state index in [-0.39, 0.29) is 0 Å². The zero-order chi connectivity index (χ0) is 12.1. The molecule has 2 rings (SSSR count). The smallest absolute Gasteiger partial charge is 0.0492 e. The molecule has 2 atom stereocenters. The van der Waals surface area contributed by atoms with Gasteiger partial charge in [0.15, 0.2) is 0 Å². The first-order valence-electron chi connectivity index (χ1n) is 6.59. The fraction of sp³-hybridized carbons (Fsp3) is 0.769. The SMILES string of the molecule is Cn1nccc1CCNCC1CCCC1CO. The van der Waals surface area contributed by atoms with Crippen molar-refractivity contribution in [2.75, 3.05) is 19.7 Å². The lowest BCUT2D eigenvalue weighted by molar-refractivity contribution is 0.192. The highest BCUT2D eigenvalue weighted by Gasteiger charge is 2.25. The molecule has 4 nitrogen and oxygen atoms in total. The molecular weight excluding hydrogens is 214 g/mol. The average molecular weight is 237 g/mol. The Labute approximate surface area is 103 Å². The number of hydrogen-bond donors (Lipinski definition) is 2. The third-order valence-electron chi connectivity index (χ3n) is 3.94. The van der Waals surface area contributed by atoms with Crippen LogP contribution in [0.15, 0.2) is 12.3 Å². The van der Waals surface area contributed by atoms with Crippen LogP contribution in [0.4, 0.5) is 0 Å². The summed E-state index contributed by atoms with van der Waals surface area (Å²) in [4.78, 5) is 0. The van der Waals surface area contributed by atoms with Crippen LogP contribution in [0.3, 0.4) is 0 Å². The number of aromatic nitrogens is 2. The molecule has 1 fully saturated rings. The maximum Gasteiger partial charge on any atom is 0.0492 e. The van der Waals surface area contributed by atoms with Crippen molar-refractivity contribution in [3.63, 3.8) is 0 Å². The van der Waals surface area contributed by atoms with E-state index in [4.69, 9.17) is 0 Å². The van der Waals surface area contributed by atoms with E-state index in [9.17, 15) is 5.11 Å². The van der Waals surface area contributed by atoms with Crippen LogP contribution >= 0.6 is 0 Å². The quantitative estimate of drug-likeness (QED) is 0.725. The molecule has 0 saturated heterocycles. The van der Waals surface area contributed by atoms with Crippen molar-refractivity contribution in [2.45, 2.75) is 25.7 Å². The van der Waals surface area contributed by atoms with Gasteiger partial charge in [0, 0.05) is 38.5 Å². The minimum Gasteiger partial charge on any atom is -0.396 e. The van der Waals surface area contributed by atoms with Gasteiger partial charge in [0.2, 0.25) is 0 Å². The van der Waals surface area contributed by atoms with Crippen molar-refractivity contribution in [1.29, 1.82) is 0 Å². The maximum atomic E-state index is 9.24. The molecule has 0 amide bonds. The van der Waals surface area contributed by atoms with Crippen molar-refractivity contribution < 1.29 is 5.11 Å². The van der Waals surface area contributed by atoms with Crippen LogP contribution in [-0.4, -0.2) is 34.6 Å². The number of aliphatic hydroxyl groups is 1. The summed E-state index contributed by atoms with van der Waals surface area (Å²) in [5.41, 5.74) is 1.27. The molecule has 1 aliphatic carbocycles. The number of rotatable bonds is 6. The van der Waals surface area contributed by atoms with Crippen LogP contribution in [0.2, 0.25) is 0 Å². The number of aryl methyl sites for hydroxylation is 1. The Hall–Kier alpha value is -0.870. The Kier molecular flexibility index (Phi) is 4.57. The molecule has 96 valence electrons. The standard InChI is InChI=1S/C13H23N3O/c1-16-13(6-8-15-16)5-7-14-9-11-3-2-4-12(11)10-17/h6,8,11-12,14,17H,2-5,7,9-10H2,1H3. The third-order valence-corrected chi connectivity index (χ3v) is 3.94. The van der Waals surface area contributed by atoms with Crippen LogP contribution in [0, 0.1) is 11.8 Å². The molecule has 1 aromatic rings. The first-order chi connectivity index (χ1) is 8.31. The van der Waals surface area contributed by atoms with Crippen molar-refractivity contribution in [2.24, 2.45) is 18.9 Å². The summed E-state index contributed by atoms with van der Waals surface area (Å²) in [5, 5.41) is 16.9. The monoisotopic (exact) mass is 237 g/mol. The van der Waals surface area contributed by atoms with Crippen molar-refractivity contribution in [1.82, 2.24) is 15.1 Å².